The van der Waals surface area contributed by atoms with Crippen LogP contribution >= 0.6 is 0 Å². The lowest BCUT2D eigenvalue weighted by atomic mass is 9.88. The number of benzene rings is 6. The van der Waals surface area contributed by atoms with Crippen LogP contribution in [0.5, 0.6) is 0 Å². The Balaban J connectivity index is 1.58. The van der Waals surface area contributed by atoms with Gasteiger partial charge >= 0.3 is 0 Å². The van der Waals surface area contributed by atoms with Gasteiger partial charge in [0.1, 0.15) is 16.1 Å². The van der Waals surface area contributed by atoms with Crippen LogP contribution in [0.2, 0.25) is 33.2 Å². The number of rotatable bonds is 6. The van der Waals surface area contributed by atoms with Crippen LogP contribution < -0.4 is 0 Å². The van der Waals surface area contributed by atoms with Crippen molar-refractivity contribution in [1.82, 2.24) is 9.97 Å². The number of aromatic nitrogens is 2. The molecule has 8 aromatic rings. The lowest BCUT2D eigenvalue weighted by Crippen LogP contribution is -2.43. The Kier molecular flexibility index (Phi) is 9.55. The van der Waals surface area contributed by atoms with Gasteiger partial charge in [0.15, 0.2) is 0 Å². The van der Waals surface area contributed by atoms with Gasteiger partial charge in [-0.25, -0.2) is 4.98 Å². The van der Waals surface area contributed by atoms with Gasteiger partial charge in [0, 0.05) is 33.3 Å². The summed E-state index contributed by atoms with van der Waals surface area (Å²) in [6.45, 7) is 28.7. The van der Waals surface area contributed by atoms with Crippen LogP contribution in [0.4, 0.5) is 0 Å². The first-order valence-electron chi connectivity index (χ1n) is 20.9. The Morgan fingerprint density at radius 2 is 0.982 bits per heavy atom. The third-order valence-corrected chi connectivity index (χ3v) is 26.3. The monoisotopic (exact) mass is 764 g/mol. The molecule has 0 aliphatic heterocycles. The molecule has 0 fully saturated rings. The molecule has 0 aliphatic carbocycles. The lowest BCUT2D eigenvalue weighted by molar-refractivity contribution is 0.838. The first kappa shape index (κ1) is 38.1. The van der Waals surface area contributed by atoms with Crippen molar-refractivity contribution >= 4 is 91.9 Å². The predicted molar refractivity (Wildman–Crippen MR) is 252 cm³/mol. The fourth-order valence-corrected chi connectivity index (χ4v) is 21.6. The minimum absolute atomic E-state index is 0.515. The third kappa shape index (κ3) is 5.59. The molecule has 0 saturated heterocycles. The van der Waals surface area contributed by atoms with E-state index in [4.69, 9.17) is 9.97 Å². The molecule has 0 saturated carbocycles. The Morgan fingerprint density at radius 3 is 1.61 bits per heavy atom. The van der Waals surface area contributed by atoms with Gasteiger partial charge in [-0.05, 0) is 95.2 Å². The molecule has 0 spiro atoms. The lowest BCUT2D eigenvalue weighted by Gasteiger charge is -2.38. The highest BCUT2D eigenvalue weighted by molar-refractivity contribution is 6.91. The molecular weight excluding hydrogens is 709 g/mol. The van der Waals surface area contributed by atoms with E-state index in [1.54, 1.807) is 0 Å². The molecule has 56 heavy (non-hydrogen) atoms. The van der Waals surface area contributed by atoms with E-state index in [2.05, 4.69) is 185 Å². The van der Waals surface area contributed by atoms with Crippen LogP contribution in [0.1, 0.15) is 94.2 Å². The average molecular weight is 765 g/mol. The summed E-state index contributed by atoms with van der Waals surface area (Å²) in [4.78, 5) is 10.9. The van der Waals surface area contributed by atoms with Crippen molar-refractivity contribution in [2.24, 2.45) is 0 Å². The van der Waals surface area contributed by atoms with Crippen LogP contribution in [-0.2, 0) is 0 Å². The number of pyridine rings is 2. The molecule has 8 rings (SSSR count). The van der Waals surface area contributed by atoms with Crippen molar-refractivity contribution in [2.45, 2.75) is 116 Å². The predicted octanol–water partition coefficient (Wildman–Crippen LogP) is 15.1. The largest absolute Gasteiger partial charge is 0.255 e. The fraction of sp³-hybridized carbons (Fsp3) is 0.346. The van der Waals surface area contributed by atoms with Gasteiger partial charge in [-0.3, -0.25) is 4.98 Å². The second kappa shape index (κ2) is 14.0. The maximum absolute atomic E-state index is 5.69. The van der Waals surface area contributed by atoms with E-state index >= 15 is 0 Å². The highest BCUT2D eigenvalue weighted by Crippen LogP contribution is 2.45. The molecule has 6 aromatic carbocycles. The van der Waals surface area contributed by atoms with Crippen LogP contribution in [0.3, 0.4) is 0 Å². The normalized spacial score (nSPS) is 13.0. The van der Waals surface area contributed by atoms with Gasteiger partial charge in [0.2, 0.25) is 0 Å². The molecule has 2 aromatic heterocycles. The highest BCUT2D eigenvalue weighted by atomic mass is 28.3. The second-order valence-electron chi connectivity index (χ2n) is 18.3. The summed E-state index contributed by atoms with van der Waals surface area (Å²) < 4.78 is 0. The van der Waals surface area contributed by atoms with Gasteiger partial charge in [-0.15, -0.1) is 11.1 Å². The number of nitrogens with zero attached hydrogens (tertiary/aromatic N) is 2. The fourth-order valence-electron chi connectivity index (χ4n) is 11.2. The van der Waals surface area contributed by atoms with Gasteiger partial charge in [0.05, 0.1) is 22.1 Å². The second-order valence-corrected chi connectivity index (χ2v) is 29.5. The van der Waals surface area contributed by atoms with E-state index in [1.165, 1.54) is 43.1 Å². The Bertz CT molecular complexity index is 2920. The minimum Gasteiger partial charge on any atom is -0.255 e. The molecule has 2 nitrogen and oxygen atoms in total. The van der Waals surface area contributed by atoms with Crippen molar-refractivity contribution < 1.29 is 0 Å². The van der Waals surface area contributed by atoms with Crippen molar-refractivity contribution in [3.05, 3.63) is 96.2 Å². The molecule has 0 aliphatic rings. The Labute approximate surface area is 335 Å². The van der Waals surface area contributed by atoms with E-state index in [-0.39, 0.29) is 0 Å². The standard InChI is InChI=1S/C52H56N2Si2/c1-31(2)55(32(3)4,33(5)6)26-23-43-45-29-40-28-39-16-13-14-18-41(39)44(24-27-56(34(7)8,35(9)10)36(11)12)51(40)54-47(45)30-46-42-19-15-17-37-20-21-38-22-25-53-52(50(43)46)49(38)48(37)42/h13-22,25,28-36H,1-12H3. The highest BCUT2D eigenvalue weighted by Gasteiger charge is 2.43. The summed E-state index contributed by atoms with van der Waals surface area (Å²) in [5.41, 5.74) is 16.5. The molecule has 2 heterocycles. The number of hydrogen-bond donors (Lipinski definition) is 0. The van der Waals surface area contributed by atoms with Crippen molar-refractivity contribution in [3.8, 4) is 22.9 Å². The molecular formula is C52H56N2Si2. The maximum atomic E-state index is 5.69. The zero-order valence-corrected chi connectivity index (χ0v) is 37.4. The number of hydrogen-bond acceptors (Lipinski definition) is 2. The molecule has 4 heteroatoms. The van der Waals surface area contributed by atoms with Crippen molar-refractivity contribution in [3.63, 3.8) is 0 Å². The maximum Gasteiger partial charge on any atom is 0.146 e. The summed E-state index contributed by atoms with van der Waals surface area (Å²) in [5, 5.41) is 13.1. The molecule has 0 N–H and O–H groups in total. The SMILES string of the molecule is CC(C)[Si](C#Cc1c2ccccc2cc2cc3c(C#C[Si](C(C)C)(C(C)C)C(C)C)c4c(cc3nc12)c1cccc2ccc3ccnc4c3c21)(C(C)C)C(C)C. The Hall–Kier alpha value is -4.75. The topological polar surface area (TPSA) is 25.8 Å². The van der Waals surface area contributed by atoms with Gasteiger partial charge in [0.25, 0.3) is 0 Å². The van der Waals surface area contributed by atoms with Gasteiger partial charge in [-0.2, -0.15) is 0 Å². The third-order valence-electron chi connectivity index (χ3n) is 13.8. The van der Waals surface area contributed by atoms with Crippen molar-refractivity contribution in [1.29, 1.82) is 0 Å². The summed E-state index contributed by atoms with van der Waals surface area (Å²) in [5.74, 6) is 7.91. The molecule has 0 bridgehead atoms. The van der Waals surface area contributed by atoms with E-state index in [0.717, 1.165) is 43.8 Å². The summed E-state index contributed by atoms with van der Waals surface area (Å²) in [7, 11) is -4.12. The van der Waals surface area contributed by atoms with E-state index in [1.807, 2.05) is 6.20 Å². The first-order chi connectivity index (χ1) is 26.7. The van der Waals surface area contributed by atoms with Gasteiger partial charge < -0.3 is 0 Å². The van der Waals surface area contributed by atoms with E-state index in [0.29, 0.717) is 33.2 Å². The number of fused-ring (bicyclic) bond motifs is 6. The summed E-state index contributed by atoms with van der Waals surface area (Å²) in [6.07, 6.45) is 1.97. The zero-order chi connectivity index (χ0) is 39.8. The molecule has 0 amide bonds. The summed E-state index contributed by atoms with van der Waals surface area (Å²) in [6, 6.07) is 29.1. The van der Waals surface area contributed by atoms with Gasteiger partial charge in [-0.1, -0.05) is 150 Å². The quantitative estimate of drug-likeness (QED) is 0.0729. The Morgan fingerprint density at radius 1 is 0.429 bits per heavy atom. The van der Waals surface area contributed by atoms with Crippen LogP contribution in [0, 0.1) is 22.9 Å². The van der Waals surface area contributed by atoms with Crippen LogP contribution in [-0.4, -0.2) is 26.1 Å². The molecule has 0 radical (unpaired) electrons. The van der Waals surface area contributed by atoms with Crippen LogP contribution in [0.15, 0.2) is 85.1 Å². The molecule has 0 unspecified atom stereocenters. The molecule has 282 valence electrons. The zero-order valence-electron chi connectivity index (χ0n) is 35.4. The van der Waals surface area contributed by atoms with E-state index < -0.39 is 16.1 Å². The average Bonchev–Trinajstić information content (AvgIpc) is 3.15. The smallest absolute Gasteiger partial charge is 0.146 e. The van der Waals surface area contributed by atoms with Crippen molar-refractivity contribution in [2.75, 3.05) is 0 Å². The summed E-state index contributed by atoms with van der Waals surface area (Å²) >= 11 is 0. The molecule has 0 atom stereocenters. The minimum atomic E-state index is -2.10. The van der Waals surface area contributed by atoms with Crippen LogP contribution in [0.25, 0.3) is 75.8 Å². The van der Waals surface area contributed by atoms with E-state index in [9.17, 15) is 0 Å². The first-order valence-corrected chi connectivity index (χ1v) is 25.4.